The molecule has 1 fully saturated rings. The number of pyridine rings is 1. The van der Waals surface area contributed by atoms with Gasteiger partial charge in [-0.2, -0.15) is 0 Å². The van der Waals surface area contributed by atoms with E-state index in [0.29, 0.717) is 0 Å². The van der Waals surface area contributed by atoms with Crippen LogP contribution >= 0.6 is 0 Å². The predicted octanol–water partition coefficient (Wildman–Crippen LogP) is 1.38. The van der Waals surface area contributed by atoms with E-state index in [0.717, 1.165) is 12.0 Å². The lowest BCUT2D eigenvalue weighted by Crippen LogP contribution is -2.36. The van der Waals surface area contributed by atoms with Crippen LogP contribution in [0.15, 0.2) is 54.9 Å². The third kappa shape index (κ3) is 4.22. The van der Waals surface area contributed by atoms with Crippen LogP contribution < -0.4 is 10.9 Å². The molecule has 0 amide bonds. The van der Waals surface area contributed by atoms with Crippen molar-refractivity contribution in [2.75, 3.05) is 7.11 Å². The molecule has 4 unspecified atom stereocenters. The maximum Gasteiger partial charge on any atom is 0.306 e. The molecule has 2 aromatic rings. The molecule has 2 heterocycles. The van der Waals surface area contributed by atoms with Gasteiger partial charge in [0.2, 0.25) is 0 Å². The molecule has 0 saturated carbocycles. The van der Waals surface area contributed by atoms with Crippen LogP contribution in [0.3, 0.4) is 0 Å². The van der Waals surface area contributed by atoms with Gasteiger partial charge in [0, 0.05) is 30.3 Å². The number of benzene rings is 1. The molecule has 1 aromatic carbocycles. The summed E-state index contributed by atoms with van der Waals surface area (Å²) in [5.41, 5.74) is 8.18. The number of hydrogen-bond donors (Lipinski definition) is 3. The van der Waals surface area contributed by atoms with E-state index < -0.39 is 6.23 Å². The number of nitrogens with one attached hydrogen (secondary N) is 2. The summed E-state index contributed by atoms with van der Waals surface area (Å²) in [7, 11) is 1.38. The van der Waals surface area contributed by atoms with E-state index >= 15 is 0 Å². The quantitative estimate of drug-likeness (QED) is 0.689. The maximum absolute atomic E-state index is 12.0. The molecular weight excluding hydrogens is 318 g/mol. The average Bonchev–Trinajstić information content (AvgIpc) is 3.01. The zero-order valence-electron chi connectivity index (χ0n) is 14.1. The van der Waals surface area contributed by atoms with Gasteiger partial charge in [0.05, 0.1) is 13.5 Å². The minimum atomic E-state index is -0.761. The highest BCUT2D eigenvalue weighted by atomic mass is 16.5. The SMILES string of the molecule is COC(=O)CC(c1cccnc1)C1C(O)NNC1Cc1ccccc1. The maximum atomic E-state index is 12.0. The Morgan fingerprint density at radius 1 is 1.24 bits per heavy atom. The summed E-state index contributed by atoms with van der Waals surface area (Å²) < 4.78 is 4.87. The van der Waals surface area contributed by atoms with Crippen LogP contribution in [0.5, 0.6) is 0 Å². The first-order valence-corrected chi connectivity index (χ1v) is 8.39. The first-order valence-electron chi connectivity index (χ1n) is 8.39. The van der Waals surface area contributed by atoms with E-state index in [-0.39, 0.29) is 30.3 Å². The van der Waals surface area contributed by atoms with E-state index in [1.54, 1.807) is 12.4 Å². The van der Waals surface area contributed by atoms with Gasteiger partial charge in [-0.05, 0) is 23.6 Å². The largest absolute Gasteiger partial charge is 0.469 e. The molecule has 132 valence electrons. The molecule has 0 radical (unpaired) electrons. The molecule has 0 bridgehead atoms. The molecule has 6 nitrogen and oxygen atoms in total. The van der Waals surface area contributed by atoms with E-state index in [2.05, 4.69) is 28.0 Å². The van der Waals surface area contributed by atoms with Crippen LogP contribution in [0.2, 0.25) is 0 Å². The van der Waals surface area contributed by atoms with Gasteiger partial charge in [0.15, 0.2) is 0 Å². The molecule has 1 aliphatic heterocycles. The molecule has 25 heavy (non-hydrogen) atoms. The van der Waals surface area contributed by atoms with Crippen molar-refractivity contribution >= 4 is 5.97 Å². The third-order valence-corrected chi connectivity index (χ3v) is 4.74. The predicted molar refractivity (Wildman–Crippen MR) is 93.3 cm³/mol. The molecule has 1 aromatic heterocycles. The van der Waals surface area contributed by atoms with Crippen molar-refractivity contribution in [2.45, 2.75) is 31.0 Å². The van der Waals surface area contributed by atoms with Crippen molar-refractivity contribution < 1.29 is 14.6 Å². The van der Waals surface area contributed by atoms with Crippen molar-refractivity contribution in [3.63, 3.8) is 0 Å². The Bertz CT molecular complexity index is 681. The monoisotopic (exact) mass is 341 g/mol. The van der Waals surface area contributed by atoms with Gasteiger partial charge in [-0.15, -0.1) is 0 Å². The molecule has 1 aliphatic rings. The van der Waals surface area contributed by atoms with Gasteiger partial charge in [-0.25, -0.2) is 5.43 Å². The number of aromatic nitrogens is 1. The Kier molecular flexibility index (Phi) is 5.75. The molecule has 0 spiro atoms. The van der Waals surface area contributed by atoms with Gasteiger partial charge >= 0.3 is 5.97 Å². The molecule has 1 saturated heterocycles. The number of hydrogen-bond acceptors (Lipinski definition) is 6. The zero-order chi connectivity index (χ0) is 17.6. The van der Waals surface area contributed by atoms with Crippen LogP contribution in [0, 0.1) is 5.92 Å². The Balaban J connectivity index is 1.87. The van der Waals surface area contributed by atoms with Crippen molar-refractivity contribution in [2.24, 2.45) is 5.92 Å². The second-order valence-electron chi connectivity index (χ2n) is 6.28. The van der Waals surface area contributed by atoms with E-state index in [9.17, 15) is 9.90 Å². The fourth-order valence-electron chi connectivity index (χ4n) is 3.49. The summed E-state index contributed by atoms with van der Waals surface area (Å²) in [6.45, 7) is 0. The van der Waals surface area contributed by atoms with E-state index in [4.69, 9.17) is 4.74 Å². The van der Waals surface area contributed by atoms with Crippen LogP contribution in [0.4, 0.5) is 0 Å². The minimum absolute atomic E-state index is 0.0211. The summed E-state index contributed by atoms with van der Waals surface area (Å²) in [4.78, 5) is 16.1. The van der Waals surface area contributed by atoms with Crippen molar-refractivity contribution in [3.8, 4) is 0 Å². The second-order valence-corrected chi connectivity index (χ2v) is 6.28. The molecule has 0 aliphatic carbocycles. The highest BCUT2D eigenvalue weighted by Gasteiger charge is 2.41. The Morgan fingerprint density at radius 2 is 2.04 bits per heavy atom. The number of hydrazine groups is 1. The Morgan fingerprint density at radius 3 is 2.72 bits per heavy atom. The van der Waals surface area contributed by atoms with Crippen molar-refractivity contribution in [1.29, 1.82) is 0 Å². The Hall–Kier alpha value is -2.28. The summed E-state index contributed by atoms with van der Waals surface area (Å²) in [6, 6.07) is 13.8. The number of carbonyl (C=O) groups excluding carboxylic acids is 1. The van der Waals surface area contributed by atoms with Crippen molar-refractivity contribution in [3.05, 3.63) is 66.0 Å². The lowest BCUT2D eigenvalue weighted by atomic mass is 9.78. The number of nitrogens with zero attached hydrogens (tertiary/aromatic N) is 1. The fourth-order valence-corrected chi connectivity index (χ4v) is 3.49. The van der Waals surface area contributed by atoms with Crippen LogP contribution in [0.25, 0.3) is 0 Å². The van der Waals surface area contributed by atoms with E-state index in [1.807, 2.05) is 30.3 Å². The summed E-state index contributed by atoms with van der Waals surface area (Å²) in [5.74, 6) is -0.692. The summed E-state index contributed by atoms with van der Waals surface area (Å²) >= 11 is 0. The molecule has 4 atom stereocenters. The standard InChI is InChI=1S/C19H23N3O3/c1-25-17(23)11-15(14-8-5-9-20-12-14)18-16(21-22-19(18)24)10-13-6-3-2-4-7-13/h2-9,12,15-16,18-19,21-22,24H,10-11H2,1H3. The topological polar surface area (TPSA) is 83.5 Å². The van der Waals surface area contributed by atoms with Crippen LogP contribution in [-0.2, 0) is 16.0 Å². The number of aliphatic hydroxyl groups excluding tert-OH is 1. The van der Waals surface area contributed by atoms with E-state index in [1.165, 1.54) is 12.7 Å². The minimum Gasteiger partial charge on any atom is -0.469 e. The normalized spacial score (nSPS) is 24.0. The number of methoxy groups -OCH3 is 1. The highest BCUT2D eigenvalue weighted by molar-refractivity contribution is 5.70. The van der Waals surface area contributed by atoms with Gasteiger partial charge < -0.3 is 9.84 Å². The summed E-state index contributed by atoms with van der Waals surface area (Å²) in [5, 5.41) is 10.5. The third-order valence-electron chi connectivity index (χ3n) is 4.74. The van der Waals surface area contributed by atoms with Gasteiger partial charge in [0.25, 0.3) is 0 Å². The number of carbonyl (C=O) groups is 1. The zero-order valence-corrected chi connectivity index (χ0v) is 14.1. The Labute approximate surface area is 147 Å². The fraction of sp³-hybridized carbons (Fsp3) is 0.368. The van der Waals surface area contributed by atoms with Gasteiger partial charge in [-0.3, -0.25) is 15.2 Å². The number of ether oxygens (including phenoxy) is 1. The number of aliphatic hydroxyl groups is 1. The van der Waals surface area contributed by atoms with Crippen LogP contribution in [-0.4, -0.2) is 35.4 Å². The molecule has 6 heteroatoms. The molecule has 3 rings (SSSR count). The first-order chi connectivity index (χ1) is 12.2. The van der Waals surface area contributed by atoms with Crippen LogP contribution in [0.1, 0.15) is 23.5 Å². The first kappa shape index (κ1) is 17.5. The van der Waals surface area contributed by atoms with Crippen molar-refractivity contribution in [1.82, 2.24) is 15.8 Å². The highest BCUT2D eigenvalue weighted by Crippen LogP contribution is 2.35. The number of rotatable bonds is 6. The molecule has 3 N–H and O–H groups in total. The smallest absolute Gasteiger partial charge is 0.306 e. The van der Waals surface area contributed by atoms with Gasteiger partial charge in [-0.1, -0.05) is 36.4 Å². The number of esters is 1. The average molecular weight is 341 g/mol. The lowest BCUT2D eigenvalue weighted by Gasteiger charge is -2.29. The molecular formula is C19H23N3O3. The second kappa shape index (κ2) is 8.20. The summed E-state index contributed by atoms with van der Waals surface area (Å²) in [6.07, 6.45) is 3.62. The van der Waals surface area contributed by atoms with Gasteiger partial charge in [0.1, 0.15) is 6.23 Å². The lowest BCUT2D eigenvalue weighted by molar-refractivity contribution is -0.141.